The van der Waals surface area contributed by atoms with Crippen LogP contribution < -0.4 is 10.9 Å². The van der Waals surface area contributed by atoms with Crippen LogP contribution in [0.4, 0.5) is 11.4 Å². The van der Waals surface area contributed by atoms with Crippen LogP contribution in [0.25, 0.3) is 16.9 Å². The van der Waals surface area contributed by atoms with Gasteiger partial charge in [0, 0.05) is 36.7 Å². The zero-order valence-electron chi connectivity index (χ0n) is 13.2. The maximum Gasteiger partial charge on any atom is 0.287 e. The van der Waals surface area contributed by atoms with Crippen molar-refractivity contribution in [1.82, 2.24) is 24.3 Å². The molecule has 7 nitrogen and oxygen atoms in total. The third kappa shape index (κ3) is 2.74. The molecule has 0 saturated carbocycles. The SMILES string of the molecule is Cn1ncc(Nc2ccc3c(ccn3-c3ncccn3)c2)c(Cl)c1=O. The molecule has 1 N–H and O–H groups in total. The van der Waals surface area contributed by atoms with Crippen molar-refractivity contribution >= 4 is 33.9 Å². The predicted molar refractivity (Wildman–Crippen MR) is 96.6 cm³/mol. The standard InChI is InChI=1S/C17H13ClN6O/c1-23-16(25)15(18)13(10-21-23)22-12-3-4-14-11(9-12)5-8-24(14)17-19-6-2-7-20-17/h2-10,22H,1H3. The molecular weight excluding hydrogens is 340 g/mol. The molecule has 0 saturated heterocycles. The summed E-state index contributed by atoms with van der Waals surface area (Å²) in [6.45, 7) is 0. The highest BCUT2D eigenvalue weighted by molar-refractivity contribution is 6.33. The van der Waals surface area contributed by atoms with Gasteiger partial charge in [0.2, 0.25) is 5.95 Å². The maximum atomic E-state index is 11.9. The van der Waals surface area contributed by atoms with Crippen molar-refractivity contribution in [2.45, 2.75) is 0 Å². The number of rotatable bonds is 3. The molecule has 0 spiro atoms. The number of hydrogen-bond donors (Lipinski definition) is 1. The van der Waals surface area contributed by atoms with Crippen LogP contribution in [-0.4, -0.2) is 24.3 Å². The molecule has 0 atom stereocenters. The van der Waals surface area contributed by atoms with Gasteiger partial charge in [0.15, 0.2) is 0 Å². The minimum absolute atomic E-state index is 0.104. The van der Waals surface area contributed by atoms with Crippen LogP contribution >= 0.6 is 11.6 Å². The van der Waals surface area contributed by atoms with Crippen LogP contribution in [-0.2, 0) is 7.05 Å². The number of hydrogen-bond acceptors (Lipinski definition) is 5. The average Bonchev–Trinajstić information content (AvgIpc) is 3.06. The second kappa shape index (κ2) is 6.03. The lowest BCUT2D eigenvalue weighted by Crippen LogP contribution is -2.20. The molecule has 3 heterocycles. The molecule has 4 rings (SSSR count). The van der Waals surface area contributed by atoms with Gasteiger partial charge in [-0.2, -0.15) is 5.10 Å². The molecule has 124 valence electrons. The number of nitrogens with zero attached hydrogens (tertiary/aromatic N) is 5. The number of anilines is 2. The molecule has 0 aliphatic heterocycles. The highest BCUT2D eigenvalue weighted by Gasteiger charge is 2.09. The van der Waals surface area contributed by atoms with Gasteiger partial charge in [0.05, 0.1) is 17.4 Å². The number of aryl methyl sites for hydroxylation is 1. The minimum Gasteiger partial charge on any atom is -0.353 e. The highest BCUT2D eigenvalue weighted by Crippen LogP contribution is 2.26. The molecule has 0 aliphatic rings. The van der Waals surface area contributed by atoms with Crippen molar-refractivity contribution in [1.29, 1.82) is 0 Å². The molecule has 3 aromatic heterocycles. The molecule has 4 aromatic rings. The Kier molecular flexibility index (Phi) is 3.70. The third-order valence-electron chi connectivity index (χ3n) is 3.82. The van der Waals surface area contributed by atoms with Crippen molar-refractivity contribution in [3.8, 4) is 5.95 Å². The van der Waals surface area contributed by atoms with E-state index in [1.54, 1.807) is 25.5 Å². The second-order valence-electron chi connectivity index (χ2n) is 5.43. The van der Waals surface area contributed by atoms with Crippen LogP contribution in [0.1, 0.15) is 0 Å². The first-order valence-electron chi connectivity index (χ1n) is 7.51. The predicted octanol–water partition coefficient (Wildman–Crippen LogP) is 2.91. The Labute approximate surface area is 147 Å². The smallest absolute Gasteiger partial charge is 0.287 e. The van der Waals surface area contributed by atoms with Gasteiger partial charge in [-0.05, 0) is 30.3 Å². The topological polar surface area (TPSA) is 77.6 Å². The molecule has 0 amide bonds. The van der Waals surface area contributed by atoms with Crippen molar-refractivity contribution in [2.24, 2.45) is 7.05 Å². The summed E-state index contributed by atoms with van der Waals surface area (Å²) < 4.78 is 3.10. The molecule has 0 aliphatic carbocycles. The largest absolute Gasteiger partial charge is 0.353 e. The van der Waals surface area contributed by atoms with E-state index in [0.717, 1.165) is 16.6 Å². The van der Waals surface area contributed by atoms with Crippen LogP contribution in [0.15, 0.2) is 59.9 Å². The summed E-state index contributed by atoms with van der Waals surface area (Å²) in [6, 6.07) is 9.56. The van der Waals surface area contributed by atoms with Crippen molar-refractivity contribution in [3.63, 3.8) is 0 Å². The molecule has 25 heavy (non-hydrogen) atoms. The number of aromatic nitrogens is 5. The van der Waals surface area contributed by atoms with E-state index < -0.39 is 0 Å². The van der Waals surface area contributed by atoms with Gasteiger partial charge in [-0.3, -0.25) is 9.36 Å². The molecule has 8 heteroatoms. The van der Waals surface area contributed by atoms with Gasteiger partial charge in [-0.25, -0.2) is 14.6 Å². The summed E-state index contributed by atoms with van der Waals surface area (Å²) in [5.41, 5.74) is 1.90. The molecular formula is C17H13ClN6O. The lowest BCUT2D eigenvalue weighted by Gasteiger charge is -2.09. The summed E-state index contributed by atoms with van der Waals surface area (Å²) in [5, 5.41) is 8.22. The fraction of sp³-hybridized carbons (Fsp3) is 0.0588. The summed E-state index contributed by atoms with van der Waals surface area (Å²) in [5.74, 6) is 0.608. The molecule has 0 bridgehead atoms. The van der Waals surface area contributed by atoms with E-state index in [1.807, 2.05) is 35.0 Å². The lowest BCUT2D eigenvalue weighted by molar-refractivity contribution is 0.709. The Bertz CT molecular complexity index is 1120. The van der Waals surface area contributed by atoms with Crippen LogP contribution in [0.3, 0.4) is 0 Å². The fourth-order valence-electron chi connectivity index (χ4n) is 2.56. The molecule has 0 radical (unpaired) electrons. The van der Waals surface area contributed by atoms with Gasteiger partial charge >= 0.3 is 0 Å². The number of nitrogens with one attached hydrogen (secondary N) is 1. The van der Waals surface area contributed by atoms with E-state index in [2.05, 4.69) is 20.4 Å². The van der Waals surface area contributed by atoms with Crippen LogP contribution in [0.2, 0.25) is 5.02 Å². The quantitative estimate of drug-likeness (QED) is 0.613. The van der Waals surface area contributed by atoms with E-state index >= 15 is 0 Å². The van der Waals surface area contributed by atoms with E-state index in [0.29, 0.717) is 11.6 Å². The van der Waals surface area contributed by atoms with E-state index in [4.69, 9.17) is 11.6 Å². The van der Waals surface area contributed by atoms with Gasteiger partial charge < -0.3 is 5.32 Å². The number of benzene rings is 1. The van der Waals surface area contributed by atoms with E-state index in [9.17, 15) is 4.79 Å². The molecule has 0 fully saturated rings. The maximum absolute atomic E-state index is 11.9. The normalized spacial score (nSPS) is 11.0. The minimum atomic E-state index is -0.347. The summed E-state index contributed by atoms with van der Waals surface area (Å²) in [4.78, 5) is 20.4. The number of fused-ring (bicyclic) bond motifs is 1. The van der Waals surface area contributed by atoms with Crippen molar-refractivity contribution in [2.75, 3.05) is 5.32 Å². The Morgan fingerprint density at radius 1 is 1.16 bits per heavy atom. The highest BCUT2D eigenvalue weighted by atomic mass is 35.5. The zero-order chi connectivity index (χ0) is 17.4. The molecule has 1 aromatic carbocycles. The fourth-order valence-corrected chi connectivity index (χ4v) is 2.78. The monoisotopic (exact) mass is 352 g/mol. The van der Waals surface area contributed by atoms with E-state index in [-0.39, 0.29) is 10.6 Å². The second-order valence-corrected chi connectivity index (χ2v) is 5.81. The summed E-state index contributed by atoms with van der Waals surface area (Å²) >= 11 is 6.09. The van der Waals surface area contributed by atoms with Crippen LogP contribution in [0, 0.1) is 0 Å². The Hall–Kier alpha value is -3.19. The van der Waals surface area contributed by atoms with E-state index in [1.165, 1.54) is 10.9 Å². The first-order chi connectivity index (χ1) is 12.1. The summed E-state index contributed by atoms with van der Waals surface area (Å²) in [6.07, 6.45) is 6.84. The van der Waals surface area contributed by atoms with Gasteiger partial charge in [0.25, 0.3) is 5.56 Å². The third-order valence-corrected chi connectivity index (χ3v) is 4.18. The average molecular weight is 353 g/mol. The van der Waals surface area contributed by atoms with Crippen molar-refractivity contribution in [3.05, 3.63) is 70.5 Å². The van der Waals surface area contributed by atoms with Crippen molar-refractivity contribution < 1.29 is 0 Å². The number of halogens is 1. The lowest BCUT2D eigenvalue weighted by atomic mass is 10.2. The Morgan fingerprint density at radius 2 is 1.96 bits per heavy atom. The first kappa shape index (κ1) is 15.3. The Balaban J connectivity index is 1.71. The Morgan fingerprint density at radius 3 is 2.76 bits per heavy atom. The summed E-state index contributed by atoms with van der Waals surface area (Å²) in [7, 11) is 1.55. The van der Waals surface area contributed by atoms with Gasteiger partial charge in [-0.1, -0.05) is 11.6 Å². The van der Waals surface area contributed by atoms with Gasteiger partial charge in [0.1, 0.15) is 5.02 Å². The zero-order valence-corrected chi connectivity index (χ0v) is 14.0. The van der Waals surface area contributed by atoms with Gasteiger partial charge in [-0.15, -0.1) is 0 Å². The van der Waals surface area contributed by atoms with Crippen LogP contribution in [0.5, 0.6) is 0 Å². The first-order valence-corrected chi connectivity index (χ1v) is 7.88. The molecule has 0 unspecified atom stereocenters.